The first-order valence-corrected chi connectivity index (χ1v) is 9.30. The van der Waals surface area contributed by atoms with E-state index in [2.05, 4.69) is 20.2 Å². The fourth-order valence-electron chi connectivity index (χ4n) is 3.56. The minimum absolute atomic E-state index is 0.127. The lowest BCUT2D eigenvalue weighted by molar-refractivity contribution is -0.443. The Balaban J connectivity index is 1.57. The van der Waals surface area contributed by atoms with Crippen LogP contribution >= 0.6 is 0 Å². The fraction of sp³-hybridized carbons (Fsp3) is 0.143. The number of fused-ring (bicyclic) bond motifs is 1. The van der Waals surface area contributed by atoms with E-state index in [1.807, 2.05) is 12.1 Å². The Morgan fingerprint density at radius 1 is 1.10 bits per heavy atom. The fourth-order valence-corrected chi connectivity index (χ4v) is 3.56. The number of aromatic amines is 2. The average Bonchev–Trinajstić information content (AvgIpc) is 3.45. The van der Waals surface area contributed by atoms with Crippen molar-refractivity contribution in [2.24, 2.45) is 0 Å². The summed E-state index contributed by atoms with van der Waals surface area (Å²) < 4.78 is 34.1. The van der Waals surface area contributed by atoms with Gasteiger partial charge in [-0.3, -0.25) is 5.10 Å². The number of hydrogen-bond acceptors (Lipinski definition) is 4. The van der Waals surface area contributed by atoms with Gasteiger partial charge in [0.2, 0.25) is 5.71 Å². The van der Waals surface area contributed by atoms with E-state index in [9.17, 15) is 13.6 Å². The molecule has 2 N–H and O–H groups in total. The largest absolute Gasteiger partial charge is 0.422 e. The van der Waals surface area contributed by atoms with Crippen molar-refractivity contribution in [2.75, 3.05) is 19.8 Å². The molecule has 0 unspecified atom stereocenters. The predicted octanol–water partition coefficient (Wildman–Crippen LogP) is 2.90. The van der Waals surface area contributed by atoms with Gasteiger partial charge in [0.25, 0.3) is 0 Å². The van der Waals surface area contributed by atoms with Gasteiger partial charge < -0.3 is 9.72 Å². The molecule has 9 heteroatoms. The molecule has 150 valence electrons. The molecule has 0 spiro atoms. The molecule has 5 rings (SSSR count). The van der Waals surface area contributed by atoms with Crippen molar-refractivity contribution in [3.8, 4) is 11.3 Å². The van der Waals surface area contributed by atoms with Crippen molar-refractivity contribution in [3.63, 3.8) is 0 Å². The molecule has 4 heterocycles. The lowest BCUT2D eigenvalue weighted by atomic mass is 10.1. The number of hydrogen-bond donors (Lipinski definition) is 2. The second-order valence-electron chi connectivity index (χ2n) is 6.87. The van der Waals surface area contributed by atoms with Crippen molar-refractivity contribution >= 4 is 22.7 Å². The van der Waals surface area contributed by atoms with Gasteiger partial charge in [0.15, 0.2) is 18.2 Å². The van der Waals surface area contributed by atoms with E-state index in [-0.39, 0.29) is 12.5 Å². The molecule has 7 nitrogen and oxygen atoms in total. The van der Waals surface area contributed by atoms with Gasteiger partial charge in [-0.15, -0.1) is 0 Å². The summed E-state index contributed by atoms with van der Waals surface area (Å²) in [6.45, 7) is 0.784. The lowest BCUT2D eigenvalue weighted by Gasteiger charge is -2.14. The van der Waals surface area contributed by atoms with E-state index < -0.39 is 11.6 Å². The topological polar surface area (TPSA) is 86.7 Å². The van der Waals surface area contributed by atoms with E-state index >= 15 is 0 Å². The molecule has 0 saturated heterocycles. The number of nitrogens with one attached hydrogen (secondary N) is 2. The van der Waals surface area contributed by atoms with Crippen molar-refractivity contribution in [1.29, 1.82) is 0 Å². The number of H-pyrrole nitrogens is 2. The van der Waals surface area contributed by atoms with Crippen LogP contribution in [0.4, 0.5) is 8.78 Å². The molecular weight excluding hydrogens is 392 g/mol. The molecule has 0 aliphatic carbocycles. The van der Waals surface area contributed by atoms with Gasteiger partial charge in [-0.05, 0) is 30.3 Å². The number of rotatable bonds is 3. The Labute approximate surface area is 169 Å². The molecular formula is C21H16F2N5O2+. The molecule has 0 saturated carbocycles. The number of halogens is 2. The van der Waals surface area contributed by atoms with E-state index in [0.717, 1.165) is 23.4 Å². The summed E-state index contributed by atoms with van der Waals surface area (Å²) in [5.41, 5.74) is 3.46. The van der Waals surface area contributed by atoms with Crippen LogP contribution in [-0.4, -0.2) is 56.1 Å². The van der Waals surface area contributed by atoms with E-state index in [1.54, 1.807) is 23.2 Å². The third-order valence-electron chi connectivity index (χ3n) is 5.08. The lowest BCUT2D eigenvalue weighted by Crippen LogP contribution is -2.38. The van der Waals surface area contributed by atoms with Gasteiger partial charge in [-0.25, -0.2) is 18.6 Å². The number of carbonyl (C=O) groups is 1. The van der Waals surface area contributed by atoms with Gasteiger partial charge in [-0.2, -0.15) is 9.67 Å². The minimum atomic E-state index is -0.971. The van der Waals surface area contributed by atoms with E-state index in [4.69, 9.17) is 4.74 Å². The van der Waals surface area contributed by atoms with Crippen molar-refractivity contribution in [3.05, 3.63) is 71.7 Å². The Bertz CT molecular complexity index is 1290. The van der Waals surface area contributed by atoms with Crippen LogP contribution in [-0.2, 0) is 4.74 Å². The summed E-state index contributed by atoms with van der Waals surface area (Å²) in [6.07, 6.45) is 5.01. The Kier molecular flexibility index (Phi) is 4.44. The van der Waals surface area contributed by atoms with E-state index in [0.29, 0.717) is 41.0 Å². The normalized spacial score (nSPS) is 14.5. The number of nitrogens with zero attached hydrogens (tertiary/aromatic N) is 3. The molecule has 0 fully saturated rings. The van der Waals surface area contributed by atoms with Gasteiger partial charge in [-0.1, -0.05) is 0 Å². The number of aromatic nitrogens is 4. The van der Waals surface area contributed by atoms with Gasteiger partial charge in [0, 0.05) is 28.9 Å². The highest BCUT2D eigenvalue weighted by Crippen LogP contribution is 2.23. The van der Waals surface area contributed by atoms with Gasteiger partial charge in [0.1, 0.15) is 24.4 Å². The van der Waals surface area contributed by atoms with Crippen molar-refractivity contribution in [1.82, 2.24) is 20.2 Å². The third kappa shape index (κ3) is 3.09. The number of benzene rings is 1. The quantitative estimate of drug-likeness (QED) is 0.511. The highest BCUT2D eigenvalue weighted by atomic mass is 19.2. The second-order valence-corrected chi connectivity index (χ2v) is 6.87. The maximum atomic E-state index is 13.7. The number of ether oxygens (including phenoxy) is 1. The van der Waals surface area contributed by atoms with Crippen LogP contribution < -0.4 is 0 Å². The van der Waals surface area contributed by atoms with Crippen molar-refractivity contribution in [2.45, 2.75) is 0 Å². The molecule has 1 aliphatic heterocycles. The SMILES string of the molecule is O=C(c1c[nH]c2nc(-c3cn[nH]c3)ccc12)[N+]1=C(c2ccc(F)c(F)c2)COCC1. The summed E-state index contributed by atoms with van der Waals surface area (Å²) in [5, 5.41) is 7.34. The molecule has 1 aromatic carbocycles. The summed E-state index contributed by atoms with van der Waals surface area (Å²) in [4.78, 5) is 20.9. The zero-order valence-electron chi connectivity index (χ0n) is 15.7. The maximum absolute atomic E-state index is 13.7. The number of amides is 1. The summed E-state index contributed by atoms with van der Waals surface area (Å²) in [7, 11) is 0. The number of carbonyl (C=O) groups excluding carboxylic acids is 1. The zero-order chi connectivity index (χ0) is 20.7. The monoisotopic (exact) mass is 408 g/mol. The van der Waals surface area contributed by atoms with Crippen LogP contribution in [0, 0.1) is 11.6 Å². The first-order valence-electron chi connectivity index (χ1n) is 9.30. The average molecular weight is 408 g/mol. The van der Waals surface area contributed by atoms with Crippen LogP contribution in [0.1, 0.15) is 15.9 Å². The predicted molar refractivity (Wildman–Crippen MR) is 104 cm³/mol. The van der Waals surface area contributed by atoms with Crippen LogP contribution in [0.25, 0.3) is 22.3 Å². The van der Waals surface area contributed by atoms with Crippen LogP contribution in [0.2, 0.25) is 0 Å². The molecule has 0 bridgehead atoms. The standard InChI is InChI=1S/C21H15F2N5O2/c22-16-3-1-12(7-17(16)23)19-11-30-6-5-28(19)21(29)15-10-24-20-14(15)2-4-18(27-20)13-8-25-26-9-13/h1-4,7-10H,5-6,11H2,(H-,24,25,26,27,29)/p+1. The Morgan fingerprint density at radius 2 is 2.00 bits per heavy atom. The highest BCUT2D eigenvalue weighted by molar-refractivity contribution is 6.07. The summed E-state index contributed by atoms with van der Waals surface area (Å²) >= 11 is 0. The van der Waals surface area contributed by atoms with Crippen molar-refractivity contribution < 1.29 is 22.9 Å². The smallest absolute Gasteiger partial charge is 0.364 e. The highest BCUT2D eigenvalue weighted by Gasteiger charge is 2.32. The van der Waals surface area contributed by atoms with Gasteiger partial charge >= 0.3 is 5.91 Å². The summed E-state index contributed by atoms with van der Waals surface area (Å²) in [6, 6.07) is 7.20. The Morgan fingerprint density at radius 3 is 2.80 bits per heavy atom. The molecule has 0 atom stereocenters. The first kappa shape index (κ1) is 18.3. The van der Waals surface area contributed by atoms with Crippen LogP contribution in [0.5, 0.6) is 0 Å². The van der Waals surface area contributed by atoms with Gasteiger partial charge in [0.05, 0.1) is 11.9 Å². The first-order chi connectivity index (χ1) is 14.6. The summed E-state index contributed by atoms with van der Waals surface area (Å²) in [5.74, 6) is -2.17. The molecule has 4 aromatic rings. The molecule has 1 amide bonds. The van der Waals surface area contributed by atoms with Crippen LogP contribution in [0.15, 0.2) is 48.9 Å². The molecule has 3 aromatic heterocycles. The molecule has 1 aliphatic rings. The zero-order valence-corrected chi connectivity index (χ0v) is 15.7. The second kappa shape index (κ2) is 7.27. The molecule has 30 heavy (non-hydrogen) atoms. The van der Waals surface area contributed by atoms with E-state index in [1.165, 1.54) is 6.07 Å². The molecule has 0 radical (unpaired) electrons. The Hall–Kier alpha value is -3.72. The third-order valence-corrected chi connectivity index (χ3v) is 5.08. The minimum Gasteiger partial charge on any atom is -0.364 e. The maximum Gasteiger partial charge on any atom is 0.422 e. The number of pyridine rings is 1. The van der Waals surface area contributed by atoms with Crippen LogP contribution in [0.3, 0.4) is 0 Å².